The van der Waals surface area contributed by atoms with Gasteiger partial charge in [-0.3, -0.25) is 0 Å². The largest absolute Gasteiger partial charge is 0.208 e. The molecule has 0 saturated heterocycles. The maximum atomic E-state index is 2.28. The normalized spacial score (nSPS) is 10.7. The highest BCUT2D eigenvalue weighted by molar-refractivity contribution is 5.29. The Morgan fingerprint density at radius 2 is 1.25 bits per heavy atom. The number of rotatable bonds is 3. The van der Waals surface area contributed by atoms with Crippen molar-refractivity contribution in [1.29, 1.82) is 0 Å². The lowest BCUT2D eigenvalue weighted by Gasteiger charge is -2.13. The van der Waals surface area contributed by atoms with Gasteiger partial charge in [0.2, 0.25) is 6.04 Å². The topological polar surface area (TPSA) is 3.88 Å². The first-order valence-corrected chi connectivity index (χ1v) is 6.92. The van der Waals surface area contributed by atoms with E-state index in [4.69, 9.17) is 0 Å². The van der Waals surface area contributed by atoms with Crippen LogP contribution in [-0.4, -0.2) is 0 Å². The first-order valence-electron chi connectivity index (χ1n) is 6.92. The zero-order valence-corrected chi connectivity index (χ0v) is 11.6. The molecule has 0 aliphatic heterocycles. The molecule has 0 spiro atoms. The van der Waals surface area contributed by atoms with Crippen molar-refractivity contribution >= 4 is 0 Å². The van der Waals surface area contributed by atoms with Crippen LogP contribution < -0.4 is 4.57 Å². The average Bonchev–Trinajstić information content (AvgIpc) is 2.50. The van der Waals surface area contributed by atoms with Gasteiger partial charge in [-0.1, -0.05) is 60.7 Å². The number of hydrogen-bond donors (Lipinski definition) is 0. The monoisotopic (exact) mass is 260 g/mol. The summed E-state index contributed by atoms with van der Waals surface area (Å²) in [6, 6.07) is 25.7. The predicted molar refractivity (Wildman–Crippen MR) is 81.5 cm³/mol. The molecule has 0 saturated carbocycles. The smallest absolute Gasteiger partial charge is 0.193 e. The maximum Gasteiger partial charge on any atom is 0.208 e. The van der Waals surface area contributed by atoms with Gasteiger partial charge in [0.05, 0.1) is 0 Å². The number of hydrogen-bond acceptors (Lipinski definition) is 0. The van der Waals surface area contributed by atoms with Gasteiger partial charge in [-0.05, 0) is 13.0 Å². The lowest BCUT2D eigenvalue weighted by Crippen LogP contribution is -2.40. The molecule has 0 aliphatic rings. The summed E-state index contributed by atoms with van der Waals surface area (Å²) >= 11 is 0. The second kappa shape index (κ2) is 5.70. The van der Waals surface area contributed by atoms with Crippen molar-refractivity contribution in [3.8, 4) is 0 Å². The quantitative estimate of drug-likeness (QED) is 0.628. The number of pyridine rings is 1. The van der Waals surface area contributed by atoms with Gasteiger partial charge in [0.15, 0.2) is 12.4 Å². The number of nitrogens with zero attached hydrogens (tertiary/aromatic N) is 1. The Balaban J connectivity index is 2.14. The summed E-state index contributed by atoms with van der Waals surface area (Å²) in [5, 5.41) is 0. The van der Waals surface area contributed by atoms with E-state index in [9.17, 15) is 0 Å². The van der Waals surface area contributed by atoms with E-state index in [1.54, 1.807) is 0 Å². The number of aromatic nitrogens is 1. The van der Waals surface area contributed by atoms with E-state index in [2.05, 4.69) is 96.7 Å². The van der Waals surface area contributed by atoms with Crippen molar-refractivity contribution < 1.29 is 4.57 Å². The number of benzene rings is 2. The van der Waals surface area contributed by atoms with Crippen LogP contribution >= 0.6 is 0 Å². The third-order valence-corrected chi connectivity index (χ3v) is 3.50. The Morgan fingerprint density at radius 3 is 1.75 bits per heavy atom. The lowest BCUT2D eigenvalue weighted by atomic mass is 9.98. The van der Waals surface area contributed by atoms with Crippen molar-refractivity contribution in [2.24, 2.45) is 0 Å². The van der Waals surface area contributed by atoms with Gasteiger partial charge in [0, 0.05) is 22.8 Å². The minimum atomic E-state index is 0.220. The molecule has 0 aliphatic carbocycles. The molecule has 0 fully saturated rings. The molecule has 3 aromatic rings. The number of aryl methyl sites for hydroxylation is 1. The molecule has 3 rings (SSSR count). The third-order valence-electron chi connectivity index (χ3n) is 3.50. The molecule has 1 aromatic heterocycles. The molecule has 98 valence electrons. The fraction of sp³-hybridized carbons (Fsp3) is 0.105. The molecule has 1 heterocycles. The summed E-state index contributed by atoms with van der Waals surface area (Å²) < 4.78 is 2.28. The molecule has 0 bridgehead atoms. The zero-order chi connectivity index (χ0) is 13.8. The van der Waals surface area contributed by atoms with Crippen LogP contribution in [-0.2, 0) is 0 Å². The molecule has 20 heavy (non-hydrogen) atoms. The van der Waals surface area contributed by atoms with Crippen LogP contribution in [0.1, 0.15) is 22.7 Å². The molecular weight excluding hydrogens is 242 g/mol. The summed E-state index contributed by atoms with van der Waals surface area (Å²) in [6.07, 6.45) is 4.34. The van der Waals surface area contributed by atoms with Crippen LogP contribution in [0.4, 0.5) is 0 Å². The van der Waals surface area contributed by atoms with E-state index in [1.165, 1.54) is 16.7 Å². The lowest BCUT2D eigenvalue weighted by molar-refractivity contribution is -0.705. The van der Waals surface area contributed by atoms with Gasteiger partial charge in [0.25, 0.3) is 0 Å². The highest BCUT2D eigenvalue weighted by Gasteiger charge is 2.22. The van der Waals surface area contributed by atoms with Crippen LogP contribution in [0.2, 0.25) is 0 Å². The van der Waals surface area contributed by atoms with Crippen LogP contribution in [0.3, 0.4) is 0 Å². The van der Waals surface area contributed by atoms with E-state index in [-0.39, 0.29) is 6.04 Å². The maximum absolute atomic E-state index is 2.28. The molecule has 0 N–H and O–H groups in total. The highest BCUT2D eigenvalue weighted by atomic mass is 15.0. The van der Waals surface area contributed by atoms with Crippen LogP contribution in [0.25, 0.3) is 0 Å². The minimum Gasteiger partial charge on any atom is -0.193 e. The van der Waals surface area contributed by atoms with Gasteiger partial charge < -0.3 is 0 Å². The summed E-state index contributed by atoms with van der Waals surface area (Å²) in [4.78, 5) is 0. The van der Waals surface area contributed by atoms with Gasteiger partial charge in [0.1, 0.15) is 0 Å². The summed E-state index contributed by atoms with van der Waals surface area (Å²) in [7, 11) is 0. The van der Waals surface area contributed by atoms with E-state index < -0.39 is 0 Å². The van der Waals surface area contributed by atoms with Crippen molar-refractivity contribution in [2.75, 3.05) is 0 Å². The molecular formula is C19H18N+. The predicted octanol–water partition coefficient (Wildman–Crippen LogP) is 3.92. The summed E-state index contributed by atoms with van der Waals surface area (Å²) in [5.74, 6) is 0. The Kier molecular flexibility index (Phi) is 3.60. The second-order valence-electron chi connectivity index (χ2n) is 5.05. The average molecular weight is 260 g/mol. The van der Waals surface area contributed by atoms with Crippen LogP contribution in [0, 0.1) is 6.92 Å². The molecule has 0 atom stereocenters. The van der Waals surface area contributed by atoms with Crippen molar-refractivity contribution in [1.82, 2.24) is 0 Å². The van der Waals surface area contributed by atoms with Crippen molar-refractivity contribution in [3.05, 3.63) is 102 Å². The van der Waals surface area contributed by atoms with Crippen LogP contribution in [0.5, 0.6) is 0 Å². The molecule has 0 amide bonds. The third kappa shape index (κ3) is 2.62. The van der Waals surface area contributed by atoms with E-state index in [1.807, 2.05) is 0 Å². The van der Waals surface area contributed by atoms with Gasteiger partial charge in [-0.2, -0.15) is 4.57 Å². The molecule has 0 unspecified atom stereocenters. The van der Waals surface area contributed by atoms with Crippen molar-refractivity contribution in [3.63, 3.8) is 0 Å². The molecule has 1 heteroatoms. The van der Waals surface area contributed by atoms with Gasteiger partial charge >= 0.3 is 0 Å². The van der Waals surface area contributed by atoms with Gasteiger partial charge in [-0.15, -0.1) is 0 Å². The Hall–Kier alpha value is -2.41. The minimum absolute atomic E-state index is 0.220. The van der Waals surface area contributed by atoms with E-state index in [0.717, 1.165) is 0 Å². The zero-order valence-electron chi connectivity index (χ0n) is 11.6. The Labute approximate surface area is 120 Å². The van der Waals surface area contributed by atoms with E-state index in [0.29, 0.717) is 0 Å². The Morgan fingerprint density at radius 1 is 0.700 bits per heavy atom. The van der Waals surface area contributed by atoms with Gasteiger partial charge in [-0.25, -0.2) is 0 Å². The first-order chi connectivity index (χ1) is 9.84. The standard InChI is InChI=1S/C19H18N/c1-16-9-8-14-20(15-16)19(17-10-4-2-5-11-17)18-12-6-3-7-13-18/h2-15,19H,1H3/q+1. The Bertz CT molecular complexity index is 635. The van der Waals surface area contributed by atoms with Crippen LogP contribution in [0.15, 0.2) is 85.2 Å². The summed E-state index contributed by atoms with van der Waals surface area (Å²) in [6.45, 7) is 2.13. The highest BCUT2D eigenvalue weighted by Crippen LogP contribution is 2.21. The molecule has 0 radical (unpaired) electrons. The first kappa shape index (κ1) is 12.6. The van der Waals surface area contributed by atoms with E-state index >= 15 is 0 Å². The SMILES string of the molecule is Cc1ccc[n+](C(c2ccccc2)c2ccccc2)c1. The second-order valence-corrected chi connectivity index (χ2v) is 5.05. The fourth-order valence-electron chi connectivity index (χ4n) is 2.58. The summed E-state index contributed by atoms with van der Waals surface area (Å²) in [5.41, 5.74) is 3.87. The fourth-order valence-corrected chi connectivity index (χ4v) is 2.58. The molecule has 1 nitrogen and oxygen atoms in total. The molecule has 2 aromatic carbocycles. The van der Waals surface area contributed by atoms with Crippen molar-refractivity contribution in [2.45, 2.75) is 13.0 Å².